The molecule has 2 aromatic carbocycles. The van der Waals surface area contributed by atoms with Crippen LogP contribution in [0, 0.1) is 10.1 Å². The number of esters is 2. The summed E-state index contributed by atoms with van der Waals surface area (Å²) in [4.78, 5) is 34.0. The summed E-state index contributed by atoms with van der Waals surface area (Å²) in [5.41, 5.74) is 8.64. The van der Waals surface area contributed by atoms with Crippen molar-refractivity contribution < 1.29 is 29.1 Å². The van der Waals surface area contributed by atoms with Crippen LogP contribution in [-0.4, -0.2) is 54.4 Å². The first-order valence-corrected chi connectivity index (χ1v) is 14.8. The largest absolute Gasteiger partial charge is 0.462 e. The Kier molecular flexibility index (Phi) is 15.2. The molecule has 0 saturated heterocycles. The van der Waals surface area contributed by atoms with Gasteiger partial charge in [0.1, 0.15) is 5.69 Å². The third kappa shape index (κ3) is 10.8. The highest BCUT2D eigenvalue weighted by Gasteiger charge is 2.21. The number of ether oxygens (including phenoxy) is 2. The minimum absolute atomic E-state index is 0.0777. The number of nitro groups is 1. The Hall–Kier alpha value is -3.86. The quantitative estimate of drug-likeness (QED) is 0.113. The number of nitrogen functional groups attached to an aromatic ring is 1. The molecular weight excluding hydrogens is 540 g/mol. The summed E-state index contributed by atoms with van der Waals surface area (Å²) < 4.78 is 9.83. The highest BCUT2D eigenvalue weighted by atomic mass is 16.6. The molecule has 0 bridgehead atoms. The van der Waals surface area contributed by atoms with Gasteiger partial charge in [0.2, 0.25) is 0 Å². The molecule has 0 atom stereocenters. The number of nitrogens with zero attached hydrogens (tertiary/aromatic N) is 1. The van der Waals surface area contributed by atoms with Gasteiger partial charge in [-0.2, -0.15) is 0 Å². The van der Waals surface area contributed by atoms with Crippen molar-refractivity contribution in [3.8, 4) is 0 Å². The van der Waals surface area contributed by atoms with Crippen molar-refractivity contribution in [1.29, 1.82) is 0 Å². The van der Waals surface area contributed by atoms with E-state index < -0.39 is 10.9 Å². The molecule has 0 aromatic heterocycles. The number of nitro benzene ring substituents is 1. The second-order valence-corrected chi connectivity index (χ2v) is 10.2. The van der Waals surface area contributed by atoms with E-state index in [2.05, 4.69) is 10.6 Å². The monoisotopic (exact) mass is 586 g/mol. The molecule has 0 aliphatic heterocycles. The highest BCUT2D eigenvalue weighted by molar-refractivity contribution is 5.92. The standard InChI is InChI=1S/C15H20N2O4.C15H22N2O2.CH4O/c1-2-21-15(18)11-8-9-13(14(10-11)17(19)20)16-12-6-4-3-5-7-12;1-2-19-15(18)11-8-9-14(13(16)10-11)17-12-6-4-3-5-7-12;1-2/h8-10,12,16H,2-7H2,1H3;8-10,12,17H,2-7,16H2,1H3;2H,1H3. The van der Waals surface area contributed by atoms with Gasteiger partial charge in [0.25, 0.3) is 5.69 Å². The van der Waals surface area contributed by atoms with Crippen LogP contribution in [0.25, 0.3) is 0 Å². The van der Waals surface area contributed by atoms with E-state index in [4.69, 9.17) is 20.3 Å². The Morgan fingerprint density at radius 1 is 0.810 bits per heavy atom. The van der Waals surface area contributed by atoms with E-state index in [1.54, 1.807) is 38.1 Å². The molecule has 0 spiro atoms. The lowest BCUT2D eigenvalue weighted by molar-refractivity contribution is -0.384. The number of carbonyl (C=O) groups excluding carboxylic acids is 2. The molecule has 2 aromatic rings. The zero-order valence-electron chi connectivity index (χ0n) is 25.0. The molecule has 11 nitrogen and oxygen atoms in total. The average Bonchev–Trinajstić information content (AvgIpc) is 3.01. The maximum Gasteiger partial charge on any atom is 0.338 e. The summed E-state index contributed by atoms with van der Waals surface area (Å²) in [6.07, 6.45) is 11.8. The van der Waals surface area contributed by atoms with Crippen LogP contribution < -0.4 is 16.4 Å². The predicted molar refractivity (Wildman–Crippen MR) is 165 cm³/mol. The van der Waals surface area contributed by atoms with E-state index in [0.29, 0.717) is 29.6 Å². The third-order valence-corrected chi connectivity index (χ3v) is 7.20. The SMILES string of the molecule is CCOC(=O)c1ccc(NC2CCCCC2)c(N)c1.CCOC(=O)c1ccc(NC2CCCCC2)c([N+](=O)[O-])c1.CO. The van der Waals surface area contributed by atoms with Crippen molar-refractivity contribution in [2.75, 3.05) is 36.7 Å². The van der Waals surface area contributed by atoms with Crippen LogP contribution in [0.5, 0.6) is 0 Å². The van der Waals surface area contributed by atoms with E-state index in [0.717, 1.165) is 38.5 Å². The maximum atomic E-state index is 11.7. The Morgan fingerprint density at radius 2 is 1.24 bits per heavy atom. The van der Waals surface area contributed by atoms with Gasteiger partial charge in [-0.25, -0.2) is 9.59 Å². The summed E-state index contributed by atoms with van der Waals surface area (Å²) in [7, 11) is 1.00. The number of aliphatic hydroxyl groups is 1. The van der Waals surface area contributed by atoms with Gasteiger partial charge in [-0.15, -0.1) is 0 Å². The number of rotatable bonds is 9. The summed E-state index contributed by atoms with van der Waals surface area (Å²) in [5, 5.41) is 24.9. The molecule has 0 heterocycles. The van der Waals surface area contributed by atoms with E-state index in [1.807, 2.05) is 6.07 Å². The molecule has 232 valence electrons. The van der Waals surface area contributed by atoms with Crippen molar-refractivity contribution in [3.05, 3.63) is 57.6 Å². The third-order valence-electron chi connectivity index (χ3n) is 7.20. The van der Waals surface area contributed by atoms with Crippen LogP contribution in [0.3, 0.4) is 0 Å². The number of aliphatic hydroxyl groups excluding tert-OH is 1. The summed E-state index contributed by atoms with van der Waals surface area (Å²) >= 11 is 0. The second-order valence-electron chi connectivity index (χ2n) is 10.2. The fraction of sp³-hybridized carbons (Fsp3) is 0.548. The van der Waals surface area contributed by atoms with Crippen molar-refractivity contribution in [3.63, 3.8) is 0 Å². The molecule has 2 saturated carbocycles. The number of carbonyl (C=O) groups is 2. The summed E-state index contributed by atoms with van der Waals surface area (Å²) in [6.45, 7) is 4.11. The van der Waals surface area contributed by atoms with Gasteiger partial charge in [0.15, 0.2) is 0 Å². The molecule has 4 rings (SSSR count). The van der Waals surface area contributed by atoms with Gasteiger partial charge in [-0.1, -0.05) is 38.5 Å². The molecule has 0 radical (unpaired) electrons. The number of hydrogen-bond donors (Lipinski definition) is 4. The fourth-order valence-corrected chi connectivity index (χ4v) is 5.12. The minimum atomic E-state index is -0.537. The van der Waals surface area contributed by atoms with E-state index in [9.17, 15) is 19.7 Å². The number of hydrogen-bond acceptors (Lipinski definition) is 10. The molecule has 42 heavy (non-hydrogen) atoms. The Balaban J connectivity index is 0.000000278. The predicted octanol–water partition coefficient (Wildman–Crippen LogP) is 6.31. The molecule has 0 amide bonds. The number of nitrogens with two attached hydrogens (primary N) is 1. The van der Waals surface area contributed by atoms with Crippen LogP contribution in [0.4, 0.5) is 22.7 Å². The first-order valence-electron chi connectivity index (χ1n) is 14.8. The molecule has 5 N–H and O–H groups in total. The highest BCUT2D eigenvalue weighted by Crippen LogP contribution is 2.30. The first kappa shape index (κ1) is 34.3. The molecular formula is C31H46N4O7. The van der Waals surface area contributed by atoms with E-state index in [-0.39, 0.29) is 29.9 Å². The molecule has 2 aliphatic carbocycles. The van der Waals surface area contributed by atoms with Gasteiger partial charge in [0.05, 0.1) is 40.6 Å². The van der Waals surface area contributed by atoms with Gasteiger partial charge >= 0.3 is 11.9 Å². The Morgan fingerprint density at radius 3 is 1.67 bits per heavy atom. The summed E-state index contributed by atoms with van der Waals surface area (Å²) in [6, 6.07) is 10.5. The molecule has 2 fully saturated rings. The van der Waals surface area contributed by atoms with Crippen molar-refractivity contribution in [2.24, 2.45) is 0 Å². The van der Waals surface area contributed by atoms with Crippen LogP contribution in [0.2, 0.25) is 0 Å². The molecule has 2 aliphatic rings. The van der Waals surface area contributed by atoms with Crippen LogP contribution in [-0.2, 0) is 9.47 Å². The van der Waals surface area contributed by atoms with E-state index >= 15 is 0 Å². The Bertz CT molecular complexity index is 1150. The number of benzene rings is 2. The topological polar surface area (TPSA) is 166 Å². The molecule has 11 heteroatoms. The lowest BCUT2D eigenvalue weighted by Crippen LogP contribution is -2.22. The normalized spacial score (nSPS) is 15.1. The summed E-state index contributed by atoms with van der Waals surface area (Å²) in [5.74, 6) is -0.858. The fourth-order valence-electron chi connectivity index (χ4n) is 5.12. The smallest absolute Gasteiger partial charge is 0.338 e. The number of nitrogens with one attached hydrogen (secondary N) is 2. The van der Waals surface area contributed by atoms with Gasteiger partial charge in [-0.3, -0.25) is 10.1 Å². The number of anilines is 3. The van der Waals surface area contributed by atoms with Crippen LogP contribution >= 0.6 is 0 Å². The zero-order valence-corrected chi connectivity index (χ0v) is 25.0. The lowest BCUT2D eigenvalue weighted by atomic mass is 9.95. The van der Waals surface area contributed by atoms with Gasteiger partial charge < -0.3 is 30.9 Å². The van der Waals surface area contributed by atoms with Crippen LogP contribution in [0.15, 0.2) is 36.4 Å². The Labute approximate surface area is 248 Å². The van der Waals surface area contributed by atoms with Gasteiger partial charge in [0, 0.05) is 25.3 Å². The zero-order chi connectivity index (χ0) is 30.9. The first-order chi connectivity index (χ1) is 20.3. The second kappa shape index (κ2) is 18.5. The minimum Gasteiger partial charge on any atom is -0.462 e. The maximum absolute atomic E-state index is 11.7. The van der Waals surface area contributed by atoms with Crippen molar-refractivity contribution in [1.82, 2.24) is 0 Å². The average molecular weight is 587 g/mol. The van der Waals surface area contributed by atoms with Crippen molar-refractivity contribution in [2.45, 2.75) is 90.1 Å². The van der Waals surface area contributed by atoms with Crippen LogP contribution in [0.1, 0.15) is 98.8 Å². The van der Waals surface area contributed by atoms with Gasteiger partial charge in [-0.05, 0) is 69.9 Å². The van der Waals surface area contributed by atoms with E-state index in [1.165, 1.54) is 44.6 Å². The van der Waals surface area contributed by atoms with Crippen molar-refractivity contribution >= 4 is 34.7 Å². The molecule has 0 unspecified atom stereocenters. The lowest BCUT2D eigenvalue weighted by Gasteiger charge is -2.24.